The Morgan fingerprint density at radius 2 is 2.00 bits per heavy atom. The molecule has 1 atom stereocenters. The maximum atomic E-state index is 13.4. The highest BCUT2D eigenvalue weighted by Gasteiger charge is 2.13. The topological polar surface area (TPSA) is 33.1 Å². The van der Waals surface area contributed by atoms with Gasteiger partial charge in [0.05, 0.1) is 11.6 Å². The number of fused-ring (bicyclic) bond motifs is 1. The first kappa shape index (κ1) is 14.2. The van der Waals surface area contributed by atoms with Gasteiger partial charge >= 0.3 is 0 Å². The molecule has 0 aliphatic heterocycles. The van der Waals surface area contributed by atoms with E-state index in [2.05, 4.69) is 20.9 Å². The maximum Gasteiger partial charge on any atom is 0.124 e. The van der Waals surface area contributed by atoms with Crippen molar-refractivity contribution in [3.63, 3.8) is 0 Å². The van der Waals surface area contributed by atoms with Gasteiger partial charge in [0.15, 0.2) is 0 Å². The maximum absolute atomic E-state index is 13.4. The summed E-state index contributed by atoms with van der Waals surface area (Å²) in [6, 6.07) is 14.1. The minimum Gasteiger partial charge on any atom is -0.388 e. The van der Waals surface area contributed by atoms with Gasteiger partial charge in [-0.2, -0.15) is 0 Å². The van der Waals surface area contributed by atoms with Gasteiger partial charge in [0.1, 0.15) is 5.82 Å². The van der Waals surface area contributed by atoms with Crippen molar-refractivity contribution >= 4 is 26.8 Å². The van der Waals surface area contributed by atoms with E-state index in [1.807, 2.05) is 36.4 Å². The van der Waals surface area contributed by atoms with Crippen LogP contribution in [0.25, 0.3) is 10.9 Å². The summed E-state index contributed by atoms with van der Waals surface area (Å²) in [7, 11) is 0. The zero-order chi connectivity index (χ0) is 14.8. The van der Waals surface area contributed by atoms with Gasteiger partial charge in [-0.05, 0) is 41.5 Å². The second-order valence-electron chi connectivity index (χ2n) is 4.91. The lowest BCUT2D eigenvalue weighted by atomic mass is 9.98. The molecule has 21 heavy (non-hydrogen) atoms. The third kappa shape index (κ3) is 3.12. The Morgan fingerprint density at radius 1 is 1.14 bits per heavy atom. The van der Waals surface area contributed by atoms with E-state index in [9.17, 15) is 9.50 Å². The average Bonchev–Trinajstić information content (AvgIpc) is 2.45. The lowest BCUT2D eigenvalue weighted by Crippen LogP contribution is -2.03. The number of rotatable bonds is 3. The summed E-state index contributed by atoms with van der Waals surface area (Å²) in [6.07, 6.45) is 1.37. The second-order valence-corrected chi connectivity index (χ2v) is 5.83. The third-order valence-electron chi connectivity index (χ3n) is 3.39. The van der Waals surface area contributed by atoms with Crippen molar-refractivity contribution in [1.82, 2.24) is 4.98 Å². The third-order valence-corrected chi connectivity index (χ3v) is 3.85. The molecule has 0 spiro atoms. The SMILES string of the molecule is OC(Cc1cc(F)cc(Br)c1)c1cccc2ncccc12. The molecule has 1 aromatic heterocycles. The van der Waals surface area contributed by atoms with E-state index < -0.39 is 6.10 Å². The van der Waals surface area contributed by atoms with Crippen LogP contribution in [0, 0.1) is 5.82 Å². The fraction of sp³-hybridized carbons (Fsp3) is 0.118. The van der Waals surface area contributed by atoms with Crippen molar-refractivity contribution < 1.29 is 9.50 Å². The lowest BCUT2D eigenvalue weighted by molar-refractivity contribution is 0.180. The van der Waals surface area contributed by atoms with Crippen molar-refractivity contribution in [1.29, 1.82) is 0 Å². The van der Waals surface area contributed by atoms with E-state index in [4.69, 9.17) is 0 Å². The van der Waals surface area contributed by atoms with E-state index >= 15 is 0 Å². The van der Waals surface area contributed by atoms with E-state index in [1.165, 1.54) is 12.1 Å². The van der Waals surface area contributed by atoms with Crippen LogP contribution in [0.2, 0.25) is 0 Å². The molecule has 3 aromatic rings. The Bertz CT molecular complexity index is 765. The lowest BCUT2D eigenvalue weighted by Gasteiger charge is -2.14. The molecule has 0 fully saturated rings. The number of hydrogen-bond donors (Lipinski definition) is 1. The predicted molar refractivity (Wildman–Crippen MR) is 84.5 cm³/mol. The molecule has 0 bridgehead atoms. The zero-order valence-electron chi connectivity index (χ0n) is 11.1. The largest absolute Gasteiger partial charge is 0.388 e. The van der Waals surface area contributed by atoms with Crippen LogP contribution in [-0.2, 0) is 6.42 Å². The van der Waals surface area contributed by atoms with Gasteiger partial charge in [0, 0.05) is 22.5 Å². The summed E-state index contributed by atoms with van der Waals surface area (Å²) in [5, 5.41) is 11.4. The summed E-state index contributed by atoms with van der Waals surface area (Å²) in [5.41, 5.74) is 2.39. The van der Waals surface area contributed by atoms with Crippen molar-refractivity contribution in [3.05, 3.63) is 76.1 Å². The number of benzene rings is 2. The first-order valence-electron chi connectivity index (χ1n) is 6.60. The number of pyridine rings is 1. The van der Waals surface area contributed by atoms with Crippen LogP contribution >= 0.6 is 15.9 Å². The summed E-state index contributed by atoms with van der Waals surface area (Å²) >= 11 is 3.27. The monoisotopic (exact) mass is 345 g/mol. The molecular weight excluding hydrogens is 333 g/mol. The van der Waals surface area contributed by atoms with Gasteiger partial charge in [0.25, 0.3) is 0 Å². The van der Waals surface area contributed by atoms with Crippen LogP contribution < -0.4 is 0 Å². The summed E-state index contributed by atoms with van der Waals surface area (Å²) in [6.45, 7) is 0. The van der Waals surface area contributed by atoms with Crippen molar-refractivity contribution in [3.8, 4) is 0 Å². The van der Waals surface area contributed by atoms with Gasteiger partial charge in [-0.1, -0.05) is 34.1 Å². The van der Waals surface area contributed by atoms with E-state index in [-0.39, 0.29) is 5.82 Å². The first-order valence-corrected chi connectivity index (χ1v) is 7.39. The van der Waals surface area contributed by atoms with Crippen LogP contribution in [0.1, 0.15) is 17.2 Å². The average molecular weight is 346 g/mol. The van der Waals surface area contributed by atoms with Crippen LogP contribution in [0.15, 0.2) is 59.2 Å². The number of hydrogen-bond acceptors (Lipinski definition) is 2. The van der Waals surface area contributed by atoms with Crippen molar-refractivity contribution in [2.45, 2.75) is 12.5 Å². The fourth-order valence-corrected chi connectivity index (χ4v) is 2.99. The highest BCUT2D eigenvalue weighted by molar-refractivity contribution is 9.10. The highest BCUT2D eigenvalue weighted by atomic mass is 79.9. The molecule has 0 aliphatic carbocycles. The van der Waals surface area contributed by atoms with E-state index in [0.717, 1.165) is 22.0 Å². The van der Waals surface area contributed by atoms with Gasteiger partial charge in [-0.25, -0.2) is 4.39 Å². The van der Waals surface area contributed by atoms with Gasteiger partial charge in [-0.15, -0.1) is 0 Å². The normalized spacial score (nSPS) is 12.5. The highest BCUT2D eigenvalue weighted by Crippen LogP contribution is 2.26. The summed E-state index contributed by atoms with van der Waals surface area (Å²) < 4.78 is 14.1. The van der Waals surface area contributed by atoms with Gasteiger partial charge in [0.2, 0.25) is 0 Å². The molecule has 0 amide bonds. The molecule has 0 saturated heterocycles. The Balaban J connectivity index is 1.95. The van der Waals surface area contributed by atoms with E-state index in [0.29, 0.717) is 10.9 Å². The smallest absolute Gasteiger partial charge is 0.124 e. The van der Waals surface area contributed by atoms with Crippen LogP contribution in [0.4, 0.5) is 4.39 Å². The molecule has 106 valence electrons. The molecule has 0 saturated carbocycles. The molecule has 4 heteroatoms. The number of aliphatic hydroxyl groups is 1. The molecule has 3 rings (SSSR count). The van der Waals surface area contributed by atoms with Crippen molar-refractivity contribution in [2.75, 3.05) is 0 Å². The second kappa shape index (κ2) is 5.92. The molecule has 2 nitrogen and oxygen atoms in total. The Morgan fingerprint density at radius 3 is 2.81 bits per heavy atom. The molecule has 0 radical (unpaired) electrons. The Labute approximate surface area is 130 Å². The quantitative estimate of drug-likeness (QED) is 0.762. The molecular formula is C17H13BrFNO. The van der Waals surface area contributed by atoms with Gasteiger partial charge < -0.3 is 5.11 Å². The molecule has 2 aromatic carbocycles. The number of aromatic nitrogens is 1. The minimum absolute atomic E-state index is 0.314. The van der Waals surface area contributed by atoms with Crippen molar-refractivity contribution in [2.24, 2.45) is 0 Å². The summed E-state index contributed by atoms with van der Waals surface area (Å²) in [5.74, 6) is -0.314. The first-order chi connectivity index (χ1) is 10.1. The number of nitrogens with zero attached hydrogens (tertiary/aromatic N) is 1. The Kier molecular flexibility index (Phi) is 3.99. The number of halogens is 2. The standard InChI is InChI=1S/C17H13BrFNO/c18-12-7-11(8-13(19)10-12)9-17(21)15-3-1-5-16-14(15)4-2-6-20-16/h1-8,10,17,21H,9H2. The number of aliphatic hydroxyl groups excluding tert-OH is 1. The van der Waals surface area contributed by atoms with E-state index in [1.54, 1.807) is 6.20 Å². The molecule has 1 heterocycles. The minimum atomic E-state index is -0.702. The molecule has 1 N–H and O–H groups in total. The Hall–Kier alpha value is -1.78. The predicted octanol–water partition coefficient (Wildman–Crippen LogP) is 4.41. The molecule has 0 aliphatic rings. The van der Waals surface area contributed by atoms with Gasteiger partial charge in [-0.3, -0.25) is 4.98 Å². The van der Waals surface area contributed by atoms with Crippen LogP contribution in [-0.4, -0.2) is 10.1 Å². The fourth-order valence-electron chi connectivity index (χ4n) is 2.48. The zero-order valence-corrected chi connectivity index (χ0v) is 12.7. The van der Waals surface area contributed by atoms with Crippen LogP contribution in [0.3, 0.4) is 0 Å². The van der Waals surface area contributed by atoms with Crippen LogP contribution in [0.5, 0.6) is 0 Å². The molecule has 1 unspecified atom stereocenters. The summed E-state index contributed by atoms with van der Waals surface area (Å²) in [4.78, 5) is 4.28.